The van der Waals surface area contributed by atoms with Crippen molar-refractivity contribution < 1.29 is 5.11 Å². The zero-order valence-electron chi connectivity index (χ0n) is 13.9. The Hall–Kier alpha value is -2.71. The third kappa shape index (κ3) is 2.97. The number of H-pyrrole nitrogens is 1. The van der Waals surface area contributed by atoms with Crippen LogP contribution in [-0.2, 0) is 26.1 Å². The fourth-order valence-corrected chi connectivity index (χ4v) is 3.43. The predicted octanol–water partition coefficient (Wildman–Crippen LogP) is 1.12. The van der Waals surface area contributed by atoms with Gasteiger partial charge in [0.1, 0.15) is 10.7 Å². The molecule has 8 nitrogen and oxygen atoms in total. The molecule has 3 aromatic rings. The van der Waals surface area contributed by atoms with Crippen LogP contribution in [0.2, 0.25) is 5.02 Å². The third-order valence-corrected chi connectivity index (χ3v) is 4.97. The zero-order valence-corrected chi connectivity index (χ0v) is 14.6. The van der Waals surface area contributed by atoms with Crippen LogP contribution in [0.5, 0.6) is 0 Å². The van der Waals surface area contributed by atoms with Gasteiger partial charge in [-0.2, -0.15) is 5.10 Å². The van der Waals surface area contributed by atoms with Crippen LogP contribution in [0.15, 0.2) is 35.3 Å². The van der Waals surface area contributed by atoms with Gasteiger partial charge in [-0.05, 0) is 11.1 Å². The second-order valence-corrected chi connectivity index (χ2v) is 6.52. The van der Waals surface area contributed by atoms with E-state index in [1.54, 1.807) is 6.20 Å². The number of rotatable bonds is 4. The largest absolute Gasteiger partial charge is 0.392 e. The van der Waals surface area contributed by atoms with Gasteiger partial charge < -0.3 is 10.0 Å². The average Bonchev–Trinajstić information content (AvgIpc) is 3.06. The maximum absolute atomic E-state index is 11.7. The van der Waals surface area contributed by atoms with Gasteiger partial charge in [0.15, 0.2) is 0 Å². The molecule has 0 bridgehead atoms. The van der Waals surface area contributed by atoms with E-state index in [2.05, 4.69) is 20.5 Å². The van der Waals surface area contributed by atoms with Crippen LogP contribution in [0.3, 0.4) is 0 Å². The van der Waals surface area contributed by atoms with Crippen LogP contribution in [0.4, 0.5) is 5.69 Å². The van der Waals surface area contributed by atoms with Gasteiger partial charge in [0, 0.05) is 13.0 Å². The molecule has 0 amide bonds. The van der Waals surface area contributed by atoms with E-state index in [1.807, 2.05) is 33.8 Å². The fraction of sp³-hybridized carbons (Fsp3) is 0.294. The Bertz CT molecular complexity index is 999. The van der Waals surface area contributed by atoms with Crippen LogP contribution in [0, 0.1) is 0 Å². The lowest BCUT2D eigenvalue weighted by molar-refractivity contribution is 0.280. The van der Waals surface area contributed by atoms with Crippen LogP contribution in [-0.4, -0.2) is 36.8 Å². The Balaban J connectivity index is 1.59. The first-order valence-electron chi connectivity index (χ1n) is 8.24. The molecule has 26 heavy (non-hydrogen) atoms. The number of nitrogens with zero attached hydrogens (tertiary/aromatic N) is 5. The number of anilines is 1. The van der Waals surface area contributed by atoms with E-state index >= 15 is 0 Å². The molecule has 134 valence electrons. The van der Waals surface area contributed by atoms with Crippen molar-refractivity contribution in [1.29, 1.82) is 0 Å². The Morgan fingerprint density at radius 3 is 2.88 bits per heavy atom. The van der Waals surface area contributed by atoms with Gasteiger partial charge in [-0.1, -0.05) is 41.1 Å². The Morgan fingerprint density at radius 1 is 1.27 bits per heavy atom. The fourth-order valence-electron chi connectivity index (χ4n) is 3.22. The van der Waals surface area contributed by atoms with Gasteiger partial charge >= 0.3 is 0 Å². The molecular weight excluding hydrogens is 356 g/mol. The molecule has 0 fully saturated rings. The lowest BCUT2D eigenvalue weighted by atomic mass is 10.1. The van der Waals surface area contributed by atoms with E-state index in [0.717, 1.165) is 28.9 Å². The first kappa shape index (κ1) is 16.7. The molecule has 0 saturated carbocycles. The predicted molar refractivity (Wildman–Crippen MR) is 96.1 cm³/mol. The summed E-state index contributed by atoms with van der Waals surface area (Å²) in [5, 5.41) is 24.4. The molecule has 2 aromatic heterocycles. The summed E-state index contributed by atoms with van der Waals surface area (Å²) in [5.41, 5.74) is 4.01. The third-order valence-electron chi connectivity index (χ3n) is 4.60. The molecule has 3 heterocycles. The zero-order chi connectivity index (χ0) is 18.1. The highest BCUT2D eigenvalue weighted by molar-refractivity contribution is 6.32. The maximum atomic E-state index is 11.7. The quantitative estimate of drug-likeness (QED) is 0.711. The van der Waals surface area contributed by atoms with Crippen LogP contribution in [0.1, 0.15) is 22.5 Å². The van der Waals surface area contributed by atoms with Crippen molar-refractivity contribution in [2.75, 3.05) is 11.4 Å². The van der Waals surface area contributed by atoms with Crippen molar-refractivity contribution in [3.05, 3.63) is 68.4 Å². The number of aromatic amines is 1. The molecule has 0 saturated heterocycles. The minimum atomic E-state index is -0.403. The second-order valence-electron chi connectivity index (χ2n) is 6.14. The highest BCUT2D eigenvalue weighted by Crippen LogP contribution is 2.26. The van der Waals surface area contributed by atoms with Gasteiger partial charge in [-0.15, -0.1) is 5.10 Å². The highest BCUT2D eigenvalue weighted by Gasteiger charge is 2.24. The summed E-state index contributed by atoms with van der Waals surface area (Å²) in [6, 6.07) is 7.74. The molecule has 0 unspecified atom stereocenters. The number of benzene rings is 1. The molecule has 1 aliphatic rings. The van der Waals surface area contributed by atoms with Crippen molar-refractivity contribution >= 4 is 17.3 Å². The molecule has 0 atom stereocenters. The average molecular weight is 373 g/mol. The van der Waals surface area contributed by atoms with E-state index in [9.17, 15) is 9.90 Å². The van der Waals surface area contributed by atoms with Crippen LogP contribution < -0.4 is 10.5 Å². The SMILES string of the molecule is O=c1[nH]ncc(N2CCc3c(nnn3Cc3ccccc3CO)C2)c1Cl. The second kappa shape index (κ2) is 6.89. The number of aliphatic hydroxyl groups excluding tert-OH is 1. The molecule has 0 spiro atoms. The van der Waals surface area contributed by atoms with Gasteiger partial charge in [0.05, 0.1) is 37.3 Å². The molecular formula is C17H17ClN6O2. The molecule has 2 N–H and O–H groups in total. The van der Waals surface area contributed by atoms with Crippen molar-refractivity contribution in [3.8, 4) is 0 Å². The minimum Gasteiger partial charge on any atom is -0.392 e. The van der Waals surface area contributed by atoms with Crippen molar-refractivity contribution in [1.82, 2.24) is 25.2 Å². The first-order valence-corrected chi connectivity index (χ1v) is 8.62. The lowest BCUT2D eigenvalue weighted by Crippen LogP contribution is -2.32. The van der Waals surface area contributed by atoms with Crippen molar-refractivity contribution in [2.45, 2.75) is 26.1 Å². The topological polar surface area (TPSA) is 99.9 Å². The molecule has 4 rings (SSSR count). The maximum Gasteiger partial charge on any atom is 0.285 e. The summed E-state index contributed by atoms with van der Waals surface area (Å²) in [6.45, 7) is 1.76. The summed E-state index contributed by atoms with van der Waals surface area (Å²) in [6.07, 6.45) is 2.28. The number of hydrogen-bond acceptors (Lipinski definition) is 6. The minimum absolute atomic E-state index is 0.00507. The van der Waals surface area contributed by atoms with Gasteiger partial charge in [0.25, 0.3) is 5.56 Å². The van der Waals surface area contributed by atoms with Crippen LogP contribution >= 0.6 is 11.6 Å². The lowest BCUT2D eigenvalue weighted by Gasteiger charge is -2.28. The Labute approximate surface area is 154 Å². The molecule has 1 aliphatic heterocycles. The molecule has 0 aliphatic carbocycles. The number of fused-ring (bicyclic) bond motifs is 1. The summed E-state index contributed by atoms with van der Waals surface area (Å²) in [4.78, 5) is 13.6. The Kier molecular flexibility index (Phi) is 4.44. The summed E-state index contributed by atoms with van der Waals surface area (Å²) >= 11 is 6.11. The first-order chi connectivity index (χ1) is 12.7. The van der Waals surface area contributed by atoms with Gasteiger partial charge in [-0.25, -0.2) is 9.78 Å². The van der Waals surface area contributed by atoms with E-state index in [4.69, 9.17) is 11.6 Å². The molecule has 1 aromatic carbocycles. The Morgan fingerprint density at radius 2 is 2.08 bits per heavy atom. The monoisotopic (exact) mass is 372 g/mol. The number of aliphatic hydroxyl groups is 1. The summed E-state index contributed by atoms with van der Waals surface area (Å²) in [5.74, 6) is 0. The number of halogens is 1. The molecule has 0 radical (unpaired) electrons. The van der Waals surface area contributed by atoms with E-state index in [-0.39, 0.29) is 11.6 Å². The number of hydrogen-bond donors (Lipinski definition) is 2. The summed E-state index contributed by atoms with van der Waals surface area (Å²) in [7, 11) is 0. The summed E-state index contributed by atoms with van der Waals surface area (Å²) < 4.78 is 1.87. The standard InChI is InChI=1S/C17H17ClN6O2/c18-16-15(7-19-21-17(16)26)23-6-5-14-13(9-23)20-22-24(14)8-11-3-1-2-4-12(11)10-25/h1-4,7,25H,5-6,8-10H2,(H,21,26). The number of nitrogens with one attached hydrogen (secondary N) is 1. The van der Waals surface area contributed by atoms with E-state index in [0.29, 0.717) is 25.3 Å². The van der Waals surface area contributed by atoms with E-state index < -0.39 is 5.56 Å². The number of aromatic nitrogens is 5. The normalized spacial score (nSPS) is 13.7. The highest BCUT2D eigenvalue weighted by atomic mass is 35.5. The van der Waals surface area contributed by atoms with Gasteiger partial charge in [-0.3, -0.25) is 4.79 Å². The van der Waals surface area contributed by atoms with E-state index in [1.165, 1.54) is 0 Å². The molecule has 9 heteroatoms. The van der Waals surface area contributed by atoms with Crippen molar-refractivity contribution in [3.63, 3.8) is 0 Å². The van der Waals surface area contributed by atoms with Crippen molar-refractivity contribution in [2.24, 2.45) is 0 Å². The van der Waals surface area contributed by atoms with Gasteiger partial charge in [0.2, 0.25) is 0 Å². The van der Waals surface area contributed by atoms with Crippen LogP contribution in [0.25, 0.3) is 0 Å². The smallest absolute Gasteiger partial charge is 0.285 e.